The molecule has 0 aromatic carbocycles. The number of nitrogens with zero attached hydrogens (tertiary/aromatic N) is 1. The fourth-order valence-electron chi connectivity index (χ4n) is 1.15. The van der Waals surface area contributed by atoms with E-state index in [1.807, 2.05) is 6.92 Å². The summed E-state index contributed by atoms with van der Waals surface area (Å²) in [6, 6.07) is 3.33. The first-order chi connectivity index (χ1) is 7.86. The lowest BCUT2D eigenvalue weighted by Crippen LogP contribution is -2.45. The summed E-state index contributed by atoms with van der Waals surface area (Å²) in [6.45, 7) is 5.66. The quantitative estimate of drug-likeness (QED) is 0.702. The van der Waals surface area contributed by atoms with Crippen LogP contribution in [0.4, 0.5) is 11.5 Å². The number of ether oxygens (including phenoxy) is 1. The molecule has 0 unspecified atom stereocenters. The number of hydrogen-bond donors (Lipinski definition) is 3. The van der Waals surface area contributed by atoms with E-state index in [1.165, 1.54) is 0 Å². The molecule has 1 amide bonds. The lowest BCUT2D eigenvalue weighted by molar-refractivity contribution is -0.121. The zero-order valence-electron chi connectivity index (χ0n) is 10.3. The van der Waals surface area contributed by atoms with Crippen LogP contribution in [0.2, 0.25) is 0 Å². The van der Waals surface area contributed by atoms with Crippen LogP contribution in [0.15, 0.2) is 12.1 Å². The fraction of sp³-hybridized carbons (Fsp3) is 0.455. The molecule has 0 saturated carbocycles. The van der Waals surface area contributed by atoms with Gasteiger partial charge in [-0.3, -0.25) is 4.79 Å². The summed E-state index contributed by atoms with van der Waals surface area (Å²) < 4.78 is 5.26. The summed E-state index contributed by atoms with van der Waals surface area (Å²) in [7, 11) is 0. The number of nitrogens with two attached hydrogens (primary N) is 2. The number of primary amides is 1. The van der Waals surface area contributed by atoms with Gasteiger partial charge in [-0.25, -0.2) is 0 Å². The predicted molar refractivity (Wildman–Crippen MR) is 66.7 cm³/mol. The Morgan fingerprint density at radius 3 is 2.71 bits per heavy atom. The van der Waals surface area contributed by atoms with Gasteiger partial charge in [-0.2, -0.15) is 4.98 Å². The monoisotopic (exact) mass is 238 g/mol. The minimum Gasteiger partial charge on any atom is -0.476 e. The second-order valence-corrected chi connectivity index (χ2v) is 4.14. The molecule has 1 heterocycles. The van der Waals surface area contributed by atoms with Gasteiger partial charge in [0.05, 0.1) is 12.3 Å². The van der Waals surface area contributed by atoms with E-state index >= 15 is 0 Å². The first-order valence-corrected chi connectivity index (χ1v) is 5.34. The maximum absolute atomic E-state index is 11.2. The normalized spacial score (nSPS) is 11.0. The molecule has 0 saturated heterocycles. The van der Waals surface area contributed by atoms with Gasteiger partial charge in [0.2, 0.25) is 11.8 Å². The minimum absolute atomic E-state index is 0.345. The first kappa shape index (κ1) is 13.1. The molecule has 6 nitrogen and oxygen atoms in total. The molecule has 17 heavy (non-hydrogen) atoms. The number of anilines is 2. The smallest absolute Gasteiger partial charge is 0.242 e. The molecular formula is C11H18N4O2. The molecule has 1 aromatic heterocycles. The Morgan fingerprint density at radius 2 is 2.18 bits per heavy atom. The summed E-state index contributed by atoms with van der Waals surface area (Å²) in [5, 5.41) is 2.92. The molecule has 0 fully saturated rings. The maximum Gasteiger partial charge on any atom is 0.242 e. The Labute approximate surface area is 100 Å². The Morgan fingerprint density at radius 1 is 1.53 bits per heavy atom. The maximum atomic E-state index is 11.2. The van der Waals surface area contributed by atoms with E-state index in [0.29, 0.717) is 24.0 Å². The SMILES string of the molecule is CCOc1nc(NC(C)(C)C(N)=O)ccc1N. The van der Waals surface area contributed by atoms with Gasteiger partial charge in [0.15, 0.2) is 0 Å². The highest BCUT2D eigenvalue weighted by Crippen LogP contribution is 2.22. The lowest BCUT2D eigenvalue weighted by Gasteiger charge is -2.23. The largest absolute Gasteiger partial charge is 0.476 e. The molecule has 6 heteroatoms. The van der Waals surface area contributed by atoms with Crippen molar-refractivity contribution in [1.82, 2.24) is 4.98 Å². The topological polar surface area (TPSA) is 103 Å². The standard InChI is InChI=1S/C11H18N4O2/c1-4-17-9-7(12)5-6-8(14-9)15-11(2,3)10(13)16/h5-6H,4,12H2,1-3H3,(H2,13,16)(H,14,15). The number of carbonyl (C=O) groups excluding carboxylic acids is 1. The van der Waals surface area contributed by atoms with E-state index in [-0.39, 0.29) is 0 Å². The molecule has 1 rings (SSSR count). The number of carbonyl (C=O) groups is 1. The number of hydrogen-bond acceptors (Lipinski definition) is 5. The van der Waals surface area contributed by atoms with E-state index < -0.39 is 11.4 Å². The van der Waals surface area contributed by atoms with Crippen LogP contribution >= 0.6 is 0 Å². The van der Waals surface area contributed by atoms with Crippen LogP contribution in [0, 0.1) is 0 Å². The van der Waals surface area contributed by atoms with Crippen molar-refractivity contribution in [3.05, 3.63) is 12.1 Å². The van der Waals surface area contributed by atoms with Gasteiger partial charge >= 0.3 is 0 Å². The summed E-state index contributed by atoms with van der Waals surface area (Å²) in [4.78, 5) is 15.3. The van der Waals surface area contributed by atoms with Gasteiger partial charge in [0.25, 0.3) is 0 Å². The molecule has 0 atom stereocenters. The highest BCUT2D eigenvalue weighted by molar-refractivity contribution is 5.86. The lowest BCUT2D eigenvalue weighted by atomic mass is 10.1. The molecule has 0 aliphatic heterocycles. The van der Waals surface area contributed by atoms with Crippen LogP contribution in [0.3, 0.4) is 0 Å². The van der Waals surface area contributed by atoms with Crippen LogP contribution in [-0.4, -0.2) is 23.0 Å². The van der Waals surface area contributed by atoms with Crippen molar-refractivity contribution < 1.29 is 9.53 Å². The summed E-state index contributed by atoms with van der Waals surface area (Å²) >= 11 is 0. The summed E-state index contributed by atoms with van der Waals surface area (Å²) in [6.07, 6.45) is 0. The third kappa shape index (κ3) is 3.24. The Bertz CT molecular complexity index is 418. The van der Waals surface area contributed by atoms with Crippen LogP contribution in [0.1, 0.15) is 20.8 Å². The molecule has 0 aliphatic rings. The molecule has 1 aromatic rings. The van der Waals surface area contributed by atoms with Crippen molar-refractivity contribution in [1.29, 1.82) is 0 Å². The number of nitrogens with one attached hydrogen (secondary N) is 1. The average Bonchev–Trinajstić information content (AvgIpc) is 2.23. The van der Waals surface area contributed by atoms with E-state index in [0.717, 1.165) is 0 Å². The van der Waals surface area contributed by atoms with Crippen LogP contribution < -0.4 is 21.5 Å². The number of amides is 1. The number of rotatable bonds is 5. The molecule has 0 radical (unpaired) electrons. The molecule has 0 aliphatic carbocycles. The van der Waals surface area contributed by atoms with E-state index in [9.17, 15) is 4.79 Å². The van der Waals surface area contributed by atoms with Gasteiger partial charge < -0.3 is 21.5 Å². The second-order valence-electron chi connectivity index (χ2n) is 4.14. The molecular weight excluding hydrogens is 220 g/mol. The fourth-order valence-corrected chi connectivity index (χ4v) is 1.15. The van der Waals surface area contributed by atoms with Crippen molar-refractivity contribution in [3.63, 3.8) is 0 Å². The number of aromatic nitrogens is 1. The summed E-state index contributed by atoms with van der Waals surface area (Å²) in [5.41, 5.74) is 10.5. The molecule has 0 bridgehead atoms. The zero-order valence-corrected chi connectivity index (χ0v) is 10.3. The number of pyridine rings is 1. The molecule has 94 valence electrons. The number of nitrogen functional groups attached to an aromatic ring is 1. The van der Waals surface area contributed by atoms with Crippen molar-refractivity contribution >= 4 is 17.4 Å². The van der Waals surface area contributed by atoms with E-state index in [2.05, 4.69) is 10.3 Å². The highest BCUT2D eigenvalue weighted by Gasteiger charge is 2.25. The Balaban J connectivity index is 2.93. The van der Waals surface area contributed by atoms with Crippen molar-refractivity contribution in [2.45, 2.75) is 26.3 Å². The van der Waals surface area contributed by atoms with Crippen molar-refractivity contribution in [2.75, 3.05) is 17.7 Å². The summed E-state index contributed by atoms with van der Waals surface area (Å²) in [5.74, 6) is 0.373. The van der Waals surface area contributed by atoms with Crippen molar-refractivity contribution in [3.8, 4) is 5.88 Å². The third-order valence-electron chi connectivity index (χ3n) is 2.23. The predicted octanol–water partition coefficient (Wildman–Crippen LogP) is 0.738. The second kappa shape index (κ2) is 4.90. The van der Waals surface area contributed by atoms with E-state index in [1.54, 1.807) is 26.0 Å². The average molecular weight is 238 g/mol. The van der Waals surface area contributed by atoms with Crippen LogP contribution in [0.25, 0.3) is 0 Å². The van der Waals surface area contributed by atoms with Gasteiger partial charge in [0, 0.05) is 0 Å². The minimum atomic E-state index is -0.882. The van der Waals surface area contributed by atoms with Gasteiger partial charge in [-0.15, -0.1) is 0 Å². The zero-order chi connectivity index (χ0) is 13.1. The first-order valence-electron chi connectivity index (χ1n) is 5.34. The Hall–Kier alpha value is -1.98. The molecule has 5 N–H and O–H groups in total. The van der Waals surface area contributed by atoms with Crippen LogP contribution in [0.5, 0.6) is 5.88 Å². The van der Waals surface area contributed by atoms with Crippen molar-refractivity contribution in [2.24, 2.45) is 5.73 Å². The molecule has 0 spiro atoms. The van der Waals surface area contributed by atoms with Crippen LogP contribution in [-0.2, 0) is 4.79 Å². The Kier molecular flexibility index (Phi) is 3.77. The highest BCUT2D eigenvalue weighted by atomic mass is 16.5. The van der Waals surface area contributed by atoms with Gasteiger partial charge in [-0.1, -0.05) is 0 Å². The van der Waals surface area contributed by atoms with Gasteiger partial charge in [0.1, 0.15) is 11.4 Å². The van der Waals surface area contributed by atoms with E-state index in [4.69, 9.17) is 16.2 Å². The van der Waals surface area contributed by atoms with Gasteiger partial charge in [-0.05, 0) is 32.9 Å². The third-order valence-corrected chi connectivity index (χ3v) is 2.23.